The molecule has 4 bridgehead atoms. The average molecular weight is 863 g/mol. The molecule has 2 aromatic carbocycles. The number of nitrogens with zero attached hydrogens (tertiary/aromatic N) is 2. The van der Waals surface area contributed by atoms with E-state index in [2.05, 4.69) is 14.1 Å². The van der Waals surface area contributed by atoms with Crippen LogP contribution in [0.1, 0.15) is 135 Å². The fourth-order valence-electron chi connectivity index (χ4n) is 11.8. The van der Waals surface area contributed by atoms with Crippen molar-refractivity contribution in [3.8, 4) is 23.0 Å². The molecule has 4 aliphatic heterocycles. The Morgan fingerprint density at radius 1 is 0.565 bits per heavy atom. The van der Waals surface area contributed by atoms with Gasteiger partial charge in [-0.2, -0.15) is 0 Å². The zero-order valence-electron chi connectivity index (χ0n) is 37.3. The maximum absolute atomic E-state index is 14.1. The number of carboxylic acids is 2. The number of hydrogen-bond acceptors (Lipinski definition) is 10. The largest absolute Gasteiger partial charge is 0.481 e. The van der Waals surface area contributed by atoms with Crippen LogP contribution in [0.4, 0.5) is 0 Å². The molecule has 0 spiro atoms. The maximum Gasteiger partial charge on any atom is 0.311 e. The van der Waals surface area contributed by atoms with Crippen molar-refractivity contribution in [2.75, 3.05) is 14.1 Å². The second kappa shape index (κ2) is 19.3. The number of aliphatic carboxylic acids is 2. The van der Waals surface area contributed by atoms with Crippen LogP contribution in [0.5, 0.6) is 23.0 Å². The average Bonchev–Trinajstić information content (AvgIpc) is 3.45. The van der Waals surface area contributed by atoms with E-state index in [4.69, 9.17) is 18.9 Å². The summed E-state index contributed by atoms with van der Waals surface area (Å²) in [6, 6.07) is 11.5. The summed E-state index contributed by atoms with van der Waals surface area (Å²) in [6.45, 7) is 8.05. The van der Waals surface area contributed by atoms with Gasteiger partial charge in [-0.25, -0.2) is 0 Å². The summed E-state index contributed by atoms with van der Waals surface area (Å²) in [5.41, 5.74) is 0.765. The number of benzene rings is 2. The minimum Gasteiger partial charge on any atom is -0.481 e. The van der Waals surface area contributed by atoms with Crippen molar-refractivity contribution in [3.63, 3.8) is 0 Å². The lowest BCUT2D eigenvalue weighted by atomic mass is 9.56. The number of quaternary nitrogens is 2. The lowest BCUT2D eigenvalue weighted by Crippen LogP contribution is -2.63. The first-order valence-corrected chi connectivity index (χ1v) is 22.7. The molecule has 4 saturated heterocycles. The number of hydrogen-bond donors (Lipinski definition) is 2. The van der Waals surface area contributed by atoms with Gasteiger partial charge in [-0.15, -0.1) is 0 Å². The van der Waals surface area contributed by atoms with Gasteiger partial charge in [0.1, 0.15) is 13.1 Å². The highest BCUT2D eigenvalue weighted by atomic mass is 16.6. The summed E-state index contributed by atoms with van der Waals surface area (Å²) >= 11 is 0. The number of ether oxygens (including phenoxy) is 4. The van der Waals surface area contributed by atoms with Gasteiger partial charge in [0.05, 0.1) is 43.7 Å². The highest BCUT2D eigenvalue weighted by molar-refractivity contribution is 5.77. The van der Waals surface area contributed by atoms with Gasteiger partial charge in [-0.1, -0.05) is 27.7 Å². The van der Waals surface area contributed by atoms with E-state index in [9.17, 15) is 39.0 Å². The molecule has 4 unspecified atom stereocenters. The Bertz CT molecular complexity index is 1880. The molecule has 338 valence electrons. The standard InChI is InChI=1S/C48H64N2O12/c1-7-43(53)59-38-19-13-30(22-40(38)61-45(55)9-3)28-49(5)34-15-16-35(49)25-32(24-34)48(47(57)58,21-11-12-42(51)52)33-26-36-17-18-37(27-33)50(36,6)29-31-14-20-39(60-44(54)8-2)41(23-31)62-46(56)10-4/h13-14,19-20,22-23,32-37H,7-12,15-18,21,24-29H2,1-6H3/p+2. The lowest BCUT2D eigenvalue weighted by molar-refractivity contribution is -0.963. The topological polar surface area (TPSA) is 180 Å². The number of esters is 4. The van der Waals surface area contributed by atoms with Crippen molar-refractivity contribution in [1.82, 2.24) is 0 Å². The Morgan fingerprint density at radius 3 is 1.21 bits per heavy atom. The fourth-order valence-corrected chi connectivity index (χ4v) is 11.8. The van der Waals surface area contributed by atoms with E-state index in [-0.39, 0.29) is 91.1 Å². The normalized spacial score (nSPS) is 28.4. The Labute approximate surface area is 365 Å². The molecule has 14 nitrogen and oxygen atoms in total. The quantitative estimate of drug-likeness (QED) is 0.0798. The van der Waals surface area contributed by atoms with Crippen LogP contribution in [0.3, 0.4) is 0 Å². The van der Waals surface area contributed by atoms with Crippen LogP contribution >= 0.6 is 0 Å². The summed E-state index contributed by atoms with van der Waals surface area (Å²) in [7, 11) is 4.49. The van der Waals surface area contributed by atoms with Gasteiger partial charge in [0.25, 0.3) is 0 Å². The predicted octanol–water partition coefficient (Wildman–Crippen LogP) is 7.75. The summed E-state index contributed by atoms with van der Waals surface area (Å²) < 4.78 is 23.7. The van der Waals surface area contributed by atoms with Crippen molar-refractivity contribution in [1.29, 1.82) is 0 Å². The van der Waals surface area contributed by atoms with Crippen LogP contribution in [-0.4, -0.2) is 93.3 Å². The number of carbonyl (C=O) groups is 6. The molecule has 4 fully saturated rings. The first-order valence-electron chi connectivity index (χ1n) is 22.7. The smallest absolute Gasteiger partial charge is 0.311 e. The minimum absolute atomic E-state index is 0.0846. The highest BCUT2D eigenvalue weighted by Crippen LogP contribution is 2.59. The molecule has 6 rings (SSSR count). The van der Waals surface area contributed by atoms with E-state index < -0.39 is 41.2 Å². The van der Waals surface area contributed by atoms with Gasteiger partial charge in [0, 0.05) is 94.6 Å². The molecule has 0 aromatic heterocycles. The SMILES string of the molecule is CCC(=O)Oc1ccc(C[N+]2(C)C3CCC2CC(C(CCCC(=O)O)(C(=O)O)C2CC4CCC(C2)[N+]4(C)Cc2ccc(OC(=O)CC)c(OC(=O)CC)c2)C3)cc1OC(=O)CC. The molecule has 4 heterocycles. The number of piperidine rings is 2. The molecule has 2 aromatic rings. The summed E-state index contributed by atoms with van der Waals surface area (Å²) in [6.07, 6.45) is 7.82. The lowest BCUT2D eigenvalue weighted by Gasteiger charge is -2.55. The molecule has 0 saturated carbocycles. The van der Waals surface area contributed by atoms with Crippen LogP contribution in [0.15, 0.2) is 36.4 Å². The summed E-state index contributed by atoms with van der Waals surface area (Å²) in [4.78, 5) is 75.1. The molecule has 14 heteroatoms. The number of fused-ring (bicyclic) bond motifs is 4. The molecule has 4 aliphatic rings. The Kier molecular flexibility index (Phi) is 14.5. The number of carboxylic acid groups (broad SMARTS) is 2. The van der Waals surface area contributed by atoms with Gasteiger partial charge < -0.3 is 38.1 Å². The van der Waals surface area contributed by atoms with Crippen molar-refractivity contribution >= 4 is 35.8 Å². The first kappa shape index (κ1) is 46.7. The van der Waals surface area contributed by atoms with Gasteiger partial charge >= 0.3 is 35.8 Å². The highest BCUT2D eigenvalue weighted by Gasteiger charge is 2.63. The van der Waals surface area contributed by atoms with Gasteiger partial charge in [-0.3, -0.25) is 28.8 Å². The van der Waals surface area contributed by atoms with Crippen LogP contribution in [0.2, 0.25) is 0 Å². The third-order valence-corrected chi connectivity index (χ3v) is 15.2. The van der Waals surface area contributed by atoms with Crippen molar-refractivity contribution < 1.29 is 66.9 Å². The van der Waals surface area contributed by atoms with Gasteiger partial charge in [0.2, 0.25) is 0 Å². The molecule has 4 atom stereocenters. The first-order chi connectivity index (χ1) is 29.5. The van der Waals surface area contributed by atoms with Gasteiger partial charge in [0.15, 0.2) is 23.0 Å². The van der Waals surface area contributed by atoms with Crippen molar-refractivity contribution in [3.05, 3.63) is 47.5 Å². The van der Waals surface area contributed by atoms with E-state index in [0.717, 1.165) is 36.8 Å². The van der Waals surface area contributed by atoms with E-state index in [1.54, 1.807) is 52.0 Å². The molecular formula is C48H66N2O12+2. The van der Waals surface area contributed by atoms with E-state index >= 15 is 0 Å². The molecule has 0 aliphatic carbocycles. The van der Waals surface area contributed by atoms with Crippen LogP contribution in [0.25, 0.3) is 0 Å². The predicted molar refractivity (Wildman–Crippen MR) is 227 cm³/mol. The van der Waals surface area contributed by atoms with Crippen LogP contribution < -0.4 is 18.9 Å². The minimum atomic E-state index is -1.09. The van der Waals surface area contributed by atoms with E-state index in [1.807, 2.05) is 12.1 Å². The fraction of sp³-hybridized carbons (Fsp3) is 0.625. The van der Waals surface area contributed by atoms with Gasteiger partial charge in [-0.05, 0) is 61.1 Å². The molecular weight excluding hydrogens is 797 g/mol. The maximum atomic E-state index is 14.1. The van der Waals surface area contributed by atoms with Crippen molar-refractivity contribution in [2.24, 2.45) is 17.3 Å². The Morgan fingerprint density at radius 2 is 0.903 bits per heavy atom. The number of rotatable bonds is 19. The van der Waals surface area contributed by atoms with Crippen LogP contribution in [0, 0.1) is 17.3 Å². The van der Waals surface area contributed by atoms with Crippen LogP contribution in [-0.2, 0) is 41.9 Å². The Balaban J connectivity index is 1.26. The third-order valence-electron chi connectivity index (χ3n) is 15.2. The summed E-state index contributed by atoms with van der Waals surface area (Å²) in [5, 5.41) is 21.3. The molecule has 62 heavy (non-hydrogen) atoms. The Hall–Kier alpha value is -4.82. The molecule has 2 N–H and O–H groups in total. The zero-order chi connectivity index (χ0) is 45.0. The van der Waals surface area contributed by atoms with E-state index in [0.29, 0.717) is 60.6 Å². The summed E-state index contributed by atoms with van der Waals surface area (Å²) in [5.74, 6) is -2.93. The molecule has 0 radical (unpaired) electrons. The van der Waals surface area contributed by atoms with E-state index in [1.165, 1.54) is 0 Å². The second-order valence-corrected chi connectivity index (χ2v) is 18.6. The second-order valence-electron chi connectivity index (χ2n) is 18.6. The molecule has 0 amide bonds. The van der Waals surface area contributed by atoms with Crippen molar-refractivity contribution in [2.45, 2.75) is 161 Å². The monoisotopic (exact) mass is 862 g/mol. The third kappa shape index (κ3) is 9.56. The number of carbonyl (C=O) groups excluding carboxylic acids is 4. The zero-order valence-corrected chi connectivity index (χ0v) is 37.3.